The van der Waals surface area contributed by atoms with Crippen LogP contribution in [0.15, 0.2) is 48.5 Å². The minimum atomic E-state index is -0.521. The van der Waals surface area contributed by atoms with Crippen LogP contribution in [0.4, 0.5) is 5.69 Å². The zero-order chi connectivity index (χ0) is 20.8. The van der Waals surface area contributed by atoms with E-state index in [1.54, 1.807) is 4.90 Å². The van der Waals surface area contributed by atoms with E-state index < -0.39 is 17.8 Å². The lowest BCUT2D eigenvalue weighted by Crippen LogP contribution is -2.29. The minimum absolute atomic E-state index is 0.0532. The Morgan fingerprint density at radius 1 is 1.10 bits per heavy atom. The van der Waals surface area contributed by atoms with Gasteiger partial charge in [0, 0.05) is 25.2 Å². The molecule has 0 bridgehead atoms. The summed E-state index contributed by atoms with van der Waals surface area (Å²) < 4.78 is 5.15. The quantitative estimate of drug-likeness (QED) is 0.733. The van der Waals surface area contributed by atoms with Crippen LogP contribution in [0, 0.1) is 19.8 Å². The van der Waals surface area contributed by atoms with E-state index in [9.17, 15) is 14.4 Å². The van der Waals surface area contributed by atoms with Gasteiger partial charge in [-0.3, -0.25) is 14.4 Å². The topological polar surface area (TPSA) is 75.7 Å². The molecule has 2 aromatic rings. The van der Waals surface area contributed by atoms with E-state index in [-0.39, 0.29) is 18.9 Å². The molecule has 0 aromatic heterocycles. The summed E-state index contributed by atoms with van der Waals surface area (Å²) in [5.74, 6) is -1.47. The smallest absolute Gasteiger partial charge is 0.311 e. The van der Waals surface area contributed by atoms with Gasteiger partial charge >= 0.3 is 5.97 Å². The van der Waals surface area contributed by atoms with E-state index in [1.807, 2.05) is 62.4 Å². The van der Waals surface area contributed by atoms with Gasteiger partial charge in [-0.2, -0.15) is 0 Å². The number of hydrogen-bond donors (Lipinski definition) is 1. The maximum Gasteiger partial charge on any atom is 0.311 e. The Kier molecular flexibility index (Phi) is 6.65. The van der Waals surface area contributed by atoms with E-state index in [2.05, 4.69) is 5.32 Å². The number of nitrogens with zero attached hydrogens (tertiary/aromatic N) is 1. The Bertz CT molecular complexity index is 875. The van der Waals surface area contributed by atoms with Crippen molar-refractivity contribution >= 4 is 23.5 Å². The summed E-state index contributed by atoms with van der Waals surface area (Å²) in [5, 5.41) is 2.73. The predicted octanol–water partition coefficient (Wildman–Crippen LogP) is 2.88. The third-order valence-corrected chi connectivity index (χ3v) is 4.91. The molecule has 1 N–H and O–H groups in total. The van der Waals surface area contributed by atoms with E-state index in [0.29, 0.717) is 18.8 Å². The van der Waals surface area contributed by atoms with Gasteiger partial charge in [-0.25, -0.2) is 0 Å². The first kappa shape index (κ1) is 20.6. The molecule has 1 aliphatic rings. The summed E-state index contributed by atoms with van der Waals surface area (Å²) >= 11 is 0. The van der Waals surface area contributed by atoms with Gasteiger partial charge in [-0.15, -0.1) is 0 Å². The molecule has 152 valence electrons. The van der Waals surface area contributed by atoms with Crippen LogP contribution in [0.2, 0.25) is 0 Å². The number of hydrogen-bond acceptors (Lipinski definition) is 4. The summed E-state index contributed by atoms with van der Waals surface area (Å²) in [6.45, 7) is 4.44. The van der Waals surface area contributed by atoms with Crippen molar-refractivity contribution in [1.29, 1.82) is 0 Å². The summed E-state index contributed by atoms with van der Waals surface area (Å²) in [6, 6.07) is 15.6. The van der Waals surface area contributed by atoms with Gasteiger partial charge in [0.05, 0.1) is 5.92 Å². The van der Waals surface area contributed by atoms with E-state index >= 15 is 0 Å². The highest BCUT2D eigenvalue weighted by molar-refractivity contribution is 5.93. The van der Waals surface area contributed by atoms with Gasteiger partial charge in [-0.1, -0.05) is 36.4 Å². The molecule has 6 nitrogen and oxygen atoms in total. The molecule has 2 aromatic carbocycles. The lowest BCUT2D eigenvalue weighted by molar-refractivity contribution is -0.151. The fraction of sp³-hybridized carbons (Fsp3) is 0.348. The Hall–Kier alpha value is -3.15. The summed E-state index contributed by atoms with van der Waals surface area (Å²) in [5.41, 5.74) is 3.90. The molecule has 0 saturated carbocycles. The molecule has 6 heteroatoms. The predicted molar refractivity (Wildman–Crippen MR) is 110 cm³/mol. The maximum absolute atomic E-state index is 12.3. The Labute approximate surface area is 170 Å². The number of ether oxygens (including phenoxy) is 1. The number of carbonyl (C=O) groups excluding carboxylic acids is 3. The molecule has 1 atom stereocenters. The average Bonchev–Trinajstić information content (AvgIpc) is 3.05. The first-order valence-electron chi connectivity index (χ1n) is 9.77. The molecule has 3 rings (SSSR count). The average molecular weight is 394 g/mol. The number of amides is 2. The van der Waals surface area contributed by atoms with Crippen molar-refractivity contribution in [3.8, 4) is 0 Å². The van der Waals surface area contributed by atoms with Gasteiger partial charge in [0.25, 0.3) is 5.91 Å². The zero-order valence-corrected chi connectivity index (χ0v) is 16.8. The third kappa shape index (κ3) is 5.91. The Morgan fingerprint density at radius 2 is 1.79 bits per heavy atom. The molecular formula is C23H26N2O4. The fourth-order valence-corrected chi connectivity index (χ4v) is 3.55. The first-order chi connectivity index (χ1) is 13.9. The summed E-state index contributed by atoms with van der Waals surface area (Å²) in [7, 11) is 0. The molecule has 1 saturated heterocycles. The normalized spacial score (nSPS) is 16.0. The van der Waals surface area contributed by atoms with Gasteiger partial charge in [0.2, 0.25) is 5.91 Å². The molecule has 0 radical (unpaired) electrons. The van der Waals surface area contributed by atoms with E-state index in [0.717, 1.165) is 23.1 Å². The lowest BCUT2D eigenvalue weighted by Gasteiger charge is -2.16. The second-order valence-electron chi connectivity index (χ2n) is 7.51. The van der Waals surface area contributed by atoms with Crippen LogP contribution < -0.4 is 5.32 Å². The SMILES string of the molecule is Cc1cc(C)cc(NC(=O)COC(=O)C2CC(=O)N(CCc3ccccc3)C2)c1. The second-order valence-corrected chi connectivity index (χ2v) is 7.51. The molecular weight excluding hydrogens is 368 g/mol. The number of anilines is 1. The van der Waals surface area contributed by atoms with E-state index in [1.165, 1.54) is 0 Å². The van der Waals surface area contributed by atoms with Crippen molar-refractivity contribution in [3.05, 3.63) is 65.2 Å². The van der Waals surface area contributed by atoms with Crippen molar-refractivity contribution in [2.24, 2.45) is 5.92 Å². The van der Waals surface area contributed by atoms with Gasteiger partial charge in [0.1, 0.15) is 0 Å². The minimum Gasteiger partial charge on any atom is -0.455 e. The van der Waals surface area contributed by atoms with Crippen LogP contribution in [-0.4, -0.2) is 42.4 Å². The molecule has 1 aliphatic heterocycles. The van der Waals surface area contributed by atoms with Crippen molar-refractivity contribution < 1.29 is 19.1 Å². The Balaban J connectivity index is 1.44. The number of benzene rings is 2. The highest BCUT2D eigenvalue weighted by Gasteiger charge is 2.35. The highest BCUT2D eigenvalue weighted by Crippen LogP contribution is 2.20. The number of rotatable bonds is 7. The van der Waals surface area contributed by atoms with Crippen LogP contribution in [0.25, 0.3) is 0 Å². The number of aryl methyl sites for hydroxylation is 2. The summed E-state index contributed by atoms with van der Waals surface area (Å²) in [4.78, 5) is 38.3. The zero-order valence-electron chi connectivity index (χ0n) is 16.8. The largest absolute Gasteiger partial charge is 0.455 e. The van der Waals surface area contributed by atoms with Crippen LogP contribution >= 0.6 is 0 Å². The first-order valence-corrected chi connectivity index (χ1v) is 9.77. The molecule has 1 heterocycles. The molecule has 1 unspecified atom stereocenters. The summed E-state index contributed by atoms with van der Waals surface area (Å²) in [6.07, 6.45) is 0.874. The van der Waals surface area contributed by atoms with Crippen LogP contribution in [-0.2, 0) is 25.5 Å². The third-order valence-electron chi connectivity index (χ3n) is 4.91. The number of carbonyl (C=O) groups is 3. The van der Waals surface area contributed by atoms with Crippen LogP contribution in [0.5, 0.6) is 0 Å². The lowest BCUT2D eigenvalue weighted by atomic mass is 10.1. The molecule has 1 fully saturated rings. The number of nitrogens with one attached hydrogen (secondary N) is 1. The Morgan fingerprint density at radius 3 is 2.48 bits per heavy atom. The van der Waals surface area contributed by atoms with Crippen LogP contribution in [0.3, 0.4) is 0 Å². The standard InChI is InChI=1S/C23H26N2O4/c1-16-10-17(2)12-20(11-16)24-21(26)15-29-23(28)19-13-22(27)25(14-19)9-8-18-6-4-3-5-7-18/h3-7,10-12,19H,8-9,13-15H2,1-2H3,(H,24,26). The number of likely N-dealkylation sites (tertiary alicyclic amines) is 1. The van der Waals surface area contributed by atoms with Gasteiger partial charge < -0.3 is 15.0 Å². The van der Waals surface area contributed by atoms with Crippen molar-refractivity contribution in [2.75, 3.05) is 25.0 Å². The van der Waals surface area contributed by atoms with Crippen molar-refractivity contribution in [2.45, 2.75) is 26.7 Å². The van der Waals surface area contributed by atoms with Gasteiger partial charge in [0.15, 0.2) is 6.61 Å². The molecule has 2 amide bonds. The fourth-order valence-electron chi connectivity index (χ4n) is 3.55. The van der Waals surface area contributed by atoms with Gasteiger partial charge in [-0.05, 0) is 49.1 Å². The number of esters is 1. The second kappa shape index (κ2) is 9.37. The van der Waals surface area contributed by atoms with Crippen molar-refractivity contribution in [1.82, 2.24) is 4.90 Å². The van der Waals surface area contributed by atoms with E-state index in [4.69, 9.17) is 4.74 Å². The maximum atomic E-state index is 12.3. The molecule has 0 aliphatic carbocycles. The monoisotopic (exact) mass is 394 g/mol. The van der Waals surface area contributed by atoms with Crippen LogP contribution in [0.1, 0.15) is 23.1 Å². The highest BCUT2D eigenvalue weighted by atomic mass is 16.5. The molecule has 29 heavy (non-hydrogen) atoms. The molecule has 0 spiro atoms. The van der Waals surface area contributed by atoms with Crippen molar-refractivity contribution in [3.63, 3.8) is 0 Å².